The van der Waals surface area contributed by atoms with Gasteiger partial charge in [-0.25, -0.2) is 0 Å². The third-order valence-electron chi connectivity index (χ3n) is 3.11. The molecule has 1 aromatic heterocycles. The van der Waals surface area contributed by atoms with E-state index in [0.29, 0.717) is 0 Å². The average molecular weight is 238 g/mol. The molecular formula is C15H14N2O. The fraction of sp³-hybridized carbons (Fsp3) is 0.133. The van der Waals surface area contributed by atoms with E-state index < -0.39 is 0 Å². The van der Waals surface area contributed by atoms with Crippen LogP contribution in [0, 0.1) is 13.8 Å². The highest BCUT2D eigenvalue weighted by atomic mass is 16.2. The summed E-state index contributed by atoms with van der Waals surface area (Å²) in [5.41, 5.74) is 5.85. The predicted molar refractivity (Wildman–Crippen MR) is 73.2 cm³/mol. The summed E-state index contributed by atoms with van der Waals surface area (Å²) in [4.78, 5) is 15.1. The molecule has 0 aliphatic carbocycles. The Bertz CT molecular complexity index is 665. The minimum atomic E-state index is -0.0390. The number of aryl methyl sites for hydroxylation is 2. The van der Waals surface area contributed by atoms with Crippen molar-refractivity contribution in [2.75, 3.05) is 5.32 Å². The van der Waals surface area contributed by atoms with Crippen LogP contribution in [0.25, 0.3) is 11.6 Å². The van der Waals surface area contributed by atoms with Crippen LogP contribution in [0.1, 0.15) is 22.4 Å². The first kappa shape index (κ1) is 10.8. The van der Waals surface area contributed by atoms with Crippen molar-refractivity contribution in [3.05, 3.63) is 52.8 Å². The molecule has 1 aliphatic heterocycles. The van der Waals surface area contributed by atoms with Crippen LogP contribution in [0.3, 0.4) is 0 Å². The van der Waals surface area contributed by atoms with Crippen molar-refractivity contribution in [2.45, 2.75) is 13.8 Å². The molecule has 0 bridgehead atoms. The number of hydrogen-bond donors (Lipinski definition) is 2. The van der Waals surface area contributed by atoms with E-state index >= 15 is 0 Å². The fourth-order valence-electron chi connectivity index (χ4n) is 2.21. The van der Waals surface area contributed by atoms with Gasteiger partial charge in [-0.3, -0.25) is 4.79 Å². The Morgan fingerprint density at radius 2 is 1.94 bits per heavy atom. The molecule has 2 N–H and O–H groups in total. The number of rotatable bonds is 1. The van der Waals surface area contributed by atoms with Crippen LogP contribution in [0.4, 0.5) is 5.69 Å². The van der Waals surface area contributed by atoms with Gasteiger partial charge in [0.05, 0.1) is 5.57 Å². The first-order valence-electron chi connectivity index (χ1n) is 5.92. The summed E-state index contributed by atoms with van der Waals surface area (Å²) in [6.07, 6.45) is 3.82. The van der Waals surface area contributed by atoms with Crippen LogP contribution in [0.15, 0.2) is 30.5 Å². The molecule has 90 valence electrons. The Kier molecular flexibility index (Phi) is 2.33. The van der Waals surface area contributed by atoms with Gasteiger partial charge in [-0.15, -0.1) is 0 Å². The Labute approximate surface area is 106 Å². The number of aromatic amines is 1. The molecule has 2 heterocycles. The molecular weight excluding hydrogens is 224 g/mol. The second-order valence-corrected chi connectivity index (χ2v) is 4.69. The number of carbonyl (C=O) groups is 1. The van der Waals surface area contributed by atoms with Crippen molar-refractivity contribution < 1.29 is 4.79 Å². The zero-order valence-electron chi connectivity index (χ0n) is 10.4. The third kappa shape index (κ3) is 1.74. The number of benzene rings is 1. The molecule has 1 aliphatic rings. The largest absolute Gasteiger partial charge is 0.361 e. The topological polar surface area (TPSA) is 44.9 Å². The van der Waals surface area contributed by atoms with Gasteiger partial charge < -0.3 is 10.3 Å². The average Bonchev–Trinajstić information content (AvgIpc) is 2.86. The molecule has 18 heavy (non-hydrogen) atoms. The second kappa shape index (κ2) is 3.88. The van der Waals surface area contributed by atoms with Crippen LogP contribution < -0.4 is 5.32 Å². The summed E-state index contributed by atoms with van der Waals surface area (Å²) < 4.78 is 0. The van der Waals surface area contributed by atoms with Crippen molar-refractivity contribution in [1.29, 1.82) is 0 Å². The SMILES string of the molecule is Cc1c[nH]c(C=C2C(=O)Nc3ccc(C)cc32)c1. The molecule has 1 amide bonds. The van der Waals surface area contributed by atoms with Crippen LogP contribution in [-0.4, -0.2) is 10.9 Å². The maximum atomic E-state index is 12.0. The summed E-state index contributed by atoms with van der Waals surface area (Å²) in [6, 6.07) is 8.01. The van der Waals surface area contributed by atoms with Crippen LogP contribution in [-0.2, 0) is 4.79 Å². The van der Waals surface area contributed by atoms with Gasteiger partial charge in [0.2, 0.25) is 0 Å². The van der Waals surface area contributed by atoms with Gasteiger partial charge in [0.25, 0.3) is 5.91 Å². The number of carbonyl (C=O) groups excluding carboxylic acids is 1. The molecule has 0 unspecified atom stereocenters. The molecule has 1 aromatic carbocycles. The number of H-pyrrole nitrogens is 1. The first-order valence-corrected chi connectivity index (χ1v) is 5.92. The highest BCUT2D eigenvalue weighted by Crippen LogP contribution is 2.33. The lowest BCUT2D eigenvalue weighted by Crippen LogP contribution is -2.03. The lowest BCUT2D eigenvalue weighted by molar-refractivity contribution is -0.110. The molecule has 0 saturated carbocycles. The van der Waals surface area contributed by atoms with E-state index in [1.807, 2.05) is 50.4 Å². The third-order valence-corrected chi connectivity index (χ3v) is 3.11. The number of aromatic nitrogens is 1. The second-order valence-electron chi connectivity index (χ2n) is 4.69. The standard InChI is InChI=1S/C15H14N2O/c1-9-3-4-14-12(6-9)13(15(18)17-14)7-11-5-10(2)8-16-11/h3-8,16H,1-2H3,(H,17,18). The van der Waals surface area contributed by atoms with E-state index in [4.69, 9.17) is 0 Å². The molecule has 0 saturated heterocycles. The van der Waals surface area contributed by atoms with Gasteiger partial charge in [0.1, 0.15) is 0 Å². The Morgan fingerprint density at radius 3 is 2.67 bits per heavy atom. The van der Waals surface area contributed by atoms with E-state index in [-0.39, 0.29) is 5.91 Å². The van der Waals surface area contributed by atoms with Gasteiger partial charge in [-0.2, -0.15) is 0 Å². The minimum Gasteiger partial charge on any atom is -0.361 e. The van der Waals surface area contributed by atoms with Gasteiger partial charge in [-0.1, -0.05) is 11.6 Å². The molecule has 0 fully saturated rings. The fourth-order valence-corrected chi connectivity index (χ4v) is 2.21. The van der Waals surface area contributed by atoms with E-state index in [1.165, 1.54) is 0 Å². The number of nitrogens with one attached hydrogen (secondary N) is 2. The van der Waals surface area contributed by atoms with Crippen LogP contribution >= 0.6 is 0 Å². The maximum Gasteiger partial charge on any atom is 0.256 e. The lowest BCUT2D eigenvalue weighted by Gasteiger charge is -1.99. The summed E-state index contributed by atoms with van der Waals surface area (Å²) in [5, 5.41) is 2.88. The Hall–Kier alpha value is -2.29. The monoisotopic (exact) mass is 238 g/mol. The van der Waals surface area contributed by atoms with Gasteiger partial charge in [-0.05, 0) is 43.7 Å². The van der Waals surface area contributed by atoms with Crippen molar-refractivity contribution in [1.82, 2.24) is 4.98 Å². The number of hydrogen-bond acceptors (Lipinski definition) is 1. The van der Waals surface area contributed by atoms with E-state index in [0.717, 1.165) is 33.6 Å². The normalized spacial score (nSPS) is 15.9. The smallest absolute Gasteiger partial charge is 0.256 e. The highest BCUT2D eigenvalue weighted by molar-refractivity contribution is 6.34. The van der Waals surface area contributed by atoms with Gasteiger partial charge >= 0.3 is 0 Å². The van der Waals surface area contributed by atoms with Crippen molar-refractivity contribution >= 4 is 23.2 Å². The van der Waals surface area contributed by atoms with E-state index in [2.05, 4.69) is 10.3 Å². The molecule has 0 atom stereocenters. The van der Waals surface area contributed by atoms with Crippen LogP contribution in [0.2, 0.25) is 0 Å². The minimum absolute atomic E-state index is 0.0390. The van der Waals surface area contributed by atoms with E-state index in [1.54, 1.807) is 0 Å². The van der Waals surface area contributed by atoms with Crippen molar-refractivity contribution in [2.24, 2.45) is 0 Å². The van der Waals surface area contributed by atoms with E-state index in [9.17, 15) is 4.79 Å². The molecule has 0 spiro atoms. The number of fused-ring (bicyclic) bond motifs is 1. The number of amides is 1. The van der Waals surface area contributed by atoms with Crippen molar-refractivity contribution in [3.8, 4) is 0 Å². The van der Waals surface area contributed by atoms with Gasteiger partial charge in [0.15, 0.2) is 0 Å². The molecule has 3 heteroatoms. The van der Waals surface area contributed by atoms with Gasteiger partial charge in [0, 0.05) is 23.1 Å². The molecule has 0 radical (unpaired) electrons. The molecule has 2 aromatic rings. The Morgan fingerprint density at radius 1 is 1.11 bits per heavy atom. The lowest BCUT2D eigenvalue weighted by atomic mass is 10.0. The highest BCUT2D eigenvalue weighted by Gasteiger charge is 2.23. The Balaban J connectivity index is 2.11. The zero-order valence-corrected chi connectivity index (χ0v) is 10.4. The zero-order chi connectivity index (χ0) is 12.7. The first-order chi connectivity index (χ1) is 8.63. The van der Waals surface area contributed by atoms with Crippen LogP contribution in [0.5, 0.6) is 0 Å². The van der Waals surface area contributed by atoms with Crippen molar-refractivity contribution in [3.63, 3.8) is 0 Å². The summed E-state index contributed by atoms with van der Waals surface area (Å²) in [6.45, 7) is 4.05. The predicted octanol–water partition coefficient (Wildman–Crippen LogP) is 3.12. The summed E-state index contributed by atoms with van der Waals surface area (Å²) in [7, 11) is 0. The molecule has 3 rings (SSSR count). The summed E-state index contributed by atoms with van der Waals surface area (Å²) >= 11 is 0. The summed E-state index contributed by atoms with van der Waals surface area (Å²) in [5.74, 6) is -0.0390. The quantitative estimate of drug-likeness (QED) is 0.737. The number of anilines is 1. The maximum absolute atomic E-state index is 12.0. The molecule has 3 nitrogen and oxygen atoms in total.